The Morgan fingerprint density at radius 3 is 2.50 bits per heavy atom. The highest BCUT2D eigenvalue weighted by atomic mass is 35.5. The first kappa shape index (κ1) is 22.0. The Balaban J connectivity index is 1.79. The van der Waals surface area contributed by atoms with Crippen molar-refractivity contribution in [2.45, 2.75) is 17.9 Å². The van der Waals surface area contributed by atoms with Crippen LogP contribution in [0.15, 0.2) is 58.4 Å². The standard InChI is InChI=1S/C19H23ClFN3O3S/c1-14(27-16-9-7-15(20)8-10-16)13-24-19(22-2)23-11-12-28(25,26)18-6-4-3-5-17(18)21/h3-10,14H,11-13H2,1-2H3,(H2,22,23,24). The minimum absolute atomic E-state index is 0.0861. The summed E-state index contributed by atoms with van der Waals surface area (Å²) < 4.78 is 43.9. The van der Waals surface area contributed by atoms with Crippen molar-refractivity contribution in [1.29, 1.82) is 0 Å². The van der Waals surface area contributed by atoms with Gasteiger partial charge in [0.05, 0.1) is 12.3 Å². The van der Waals surface area contributed by atoms with Crippen molar-refractivity contribution >= 4 is 27.4 Å². The van der Waals surface area contributed by atoms with E-state index in [0.29, 0.717) is 23.3 Å². The van der Waals surface area contributed by atoms with E-state index in [1.807, 2.05) is 6.92 Å². The molecule has 0 aliphatic carbocycles. The van der Waals surface area contributed by atoms with E-state index in [9.17, 15) is 12.8 Å². The third kappa shape index (κ3) is 6.69. The van der Waals surface area contributed by atoms with Crippen LogP contribution in [0.3, 0.4) is 0 Å². The number of sulfone groups is 1. The third-order valence-electron chi connectivity index (χ3n) is 3.77. The number of nitrogens with one attached hydrogen (secondary N) is 2. The quantitative estimate of drug-likeness (QED) is 0.500. The summed E-state index contributed by atoms with van der Waals surface area (Å²) >= 11 is 5.84. The monoisotopic (exact) mass is 427 g/mol. The summed E-state index contributed by atoms with van der Waals surface area (Å²) in [6.07, 6.45) is -0.165. The van der Waals surface area contributed by atoms with E-state index < -0.39 is 15.7 Å². The van der Waals surface area contributed by atoms with Gasteiger partial charge in [-0.1, -0.05) is 23.7 Å². The zero-order valence-corrected chi connectivity index (χ0v) is 17.2. The fraction of sp³-hybridized carbons (Fsp3) is 0.316. The van der Waals surface area contributed by atoms with Gasteiger partial charge in [-0.15, -0.1) is 0 Å². The molecule has 2 N–H and O–H groups in total. The molecule has 0 amide bonds. The van der Waals surface area contributed by atoms with E-state index in [-0.39, 0.29) is 23.3 Å². The van der Waals surface area contributed by atoms with E-state index in [4.69, 9.17) is 16.3 Å². The predicted octanol–water partition coefficient (Wildman–Crippen LogP) is 2.89. The Labute approximate surface area is 169 Å². The Bertz CT molecular complexity index is 905. The normalized spacial score (nSPS) is 13.1. The largest absolute Gasteiger partial charge is 0.489 e. The van der Waals surface area contributed by atoms with Crippen LogP contribution in [0.5, 0.6) is 5.75 Å². The van der Waals surface area contributed by atoms with Gasteiger partial charge in [0.25, 0.3) is 0 Å². The number of nitrogens with zero attached hydrogens (tertiary/aromatic N) is 1. The zero-order valence-electron chi connectivity index (χ0n) is 15.7. The SMILES string of the molecule is CN=C(NCCS(=O)(=O)c1ccccc1F)NCC(C)Oc1ccc(Cl)cc1. The molecule has 2 aromatic rings. The van der Waals surface area contributed by atoms with Crippen LogP contribution in [0.25, 0.3) is 0 Å². The van der Waals surface area contributed by atoms with Gasteiger partial charge in [-0.25, -0.2) is 12.8 Å². The average Bonchev–Trinajstić information content (AvgIpc) is 2.66. The minimum atomic E-state index is -3.73. The van der Waals surface area contributed by atoms with Gasteiger partial charge in [-0.05, 0) is 43.3 Å². The summed E-state index contributed by atoms with van der Waals surface area (Å²) in [5, 5.41) is 6.60. The van der Waals surface area contributed by atoms with Gasteiger partial charge in [0.1, 0.15) is 22.6 Å². The molecule has 1 atom stereocenters. The van der Waals surface area contributed by atoms with Crippen LogP contribution in [0.2, 0.25) is 5.02 Å². The van der Waals surface area contributed by atoms with E-state index in [1.165, 1.54) is 18.2 Å². The highest BCUT2D eigenvalue weighted by molar-refractivity contribution is 7.91. The molecule has 152 valence electrons. The second-order valence-electron chi connectivity index (χ2n) is 6.01. The second-order valence-corrected chi connectivity index (χ2v) is 8.53. The summed E-state index contributed by atoms with van der Waals surface area (Å²) in [4.78, 5) is 3.74. The summed E-state index contributed by atoms with van der Waals surface area (Å²) in [5.74, 6) is 0.108. The maximum Gasteiger partial charge on any atom is 0.191 e. The van der Waals surface area contributed by atoms with Crippen LogP contribution in [0, 0.1) is 5.82 Å². The topological polar surface area (TPSA) is 79.8 Å². The van der Waals surface area contributed by atoms with Crippen LogP contribution < -0.4 is 15.4 Å². The van der Waals surface area contributed by atoms with Gasteiger partial charge < -0.3 is 15.4 Å². The van der Waals surface area contributed by atoms with Gasteiger partial charge in [0.15, 0.2) is 15.8 Å². The lowest BCUT2D eigenvalue weighted by Crippen LogP contribution is -2.43. The molecule has 0 heterocycles. The summed E-state index contributed by atoms with van der Waals surface area (Å²) in [6.45, 7) is 2.42. The lowest BCUT2D eigenvalue weighted by atomic mass is 10.3. The van der Waals surface area contributed by atoms with Crippen LogP contribution >= 0.6 is 11.6 Å². The first-order valence-electron chi connectivity index (χ1n) is 8.66. The Kier molecular flexibility index (Phi) is 8.07. The molecule has 0 aliphatic rings. The molecule has 9 heteroatoms. The highest BCUT2D eigenvalue weighted by Gasteiger charge is 2.18. The average molecular weight is 428 g/mol. The van der Waals surface area contributed by atoms with Crippen molar-refractivity contribution in [3.8, 4) is 5.75 Å². The predicted molar refractivity (Wildman–Crippen MR) is 109 cm³/mol. The zero-order chi connectivity index (χ0) is 20.6. The van der Waals surface area contributed by atoms with Crippen molar-refractivity contribution < 1.29 is 17.5 Å². The molecule has 0 saturated heterocycles. The number of aliphatic imine (C=N–C) groups is 1. The fourth-order valence-electron chi connectivity index (χ4n) is 2.36. The second kappa shape index (κ2) is 10.3. The molecule has 1 unspecified atom stereocenters. The number of rotatable bonds is 8. The first-order chi connectivity index (χ1) is 13.3. The molecule has 2 rings (SSSR count). The molecule has 28 heavy (non-hydrogen) atoms. The Morgan fingerprint density at radius 1 is 1.18 bits per heavy atom. The smallest absolute Gasteiger partial charge is 0.191 e. The molecular formula is C19H23ClFN3O3S. The molecule has 0 radical (unpaired) electrons. The van der Waals surface area contributed by atoms with E-state index in [2.05, 4.69) is 15.6 Å². The van der Waals surface area contributed by atoms with Crippen molar-refractivity contribution in [3.05, 3.63) is 59.4 Å². The number of hydrogen-bond donors (Lipinski definition) is 2. The lowest BCUT2D eigenvalue weighted by Gasteiger charge is -2.18. The molecule has 2 aromatic carbocycles. The highest BCUT2D eigenvalue weighted by Crippen LogP contribution is 2.17. The van der Waals surface area contributed by atoms with Crippen molar-refractivity contribution in [2.75, 3.05) is 25.9 Å². The van der Waals surface area contributed by atoms with Gasteiger partial charge >= 0.3 is 0 Å². The van der Waals surface area contributed by atoms with Gasteiger partial charge in [-0.3, -0.25) is 4.99 Å². The molecule has 0 aliphatic heterocycles. The maximum absolute atomic E-state index is 13.7. The molecule has 0 bridgehead atoms. The first-order valence-corrected chi connectivity index (χ1v) is 10.7. The van der Waals surface area contributed by atoms with Crippen molar-refractivity contribution in [2.24, 2.45) is 4.99 Å². The van der Waals surface area contributed by atoms with Gasteiger partial charge in [0, 0.05) is 18.6 Å². The van der Waals surface area contributed by atoms with Crippen LogP contribution in [0.4, 0.5) is 4.39 Å². The van der Waals surface area contributed by atoms with Crippen molar-refractivity contribution in [1.82, 2.24) is 10.6 Å². The van der Waals surface area contributed by atoms with E-state index >= 15 is 0 Å². The number of benzene rings is 2. The Morgan fingerprint density at radius 2 is 1.86 bits per heavy atom. The van der Waals surface area contributed by atoms with Gasteiger partial charge in [-0.2, -0.15) is 0 Å². The summed E-state index contributed by atoms with van der Waals surface area (Å²) in [6, 6.07) is 12.4. The van der Waals surface area contributed by atoms with Crippen LogP contribution in [0.1, 0.15) is 6.92 Å². The fourth-order valence-corrected chi connectivity index (χ4v) is 3.73. The van der Waals surface area contributed by atoms with E-state index in [1.54, 1.807) is 31.3 Å². The van der Waals surface area contributed by atoms with Crippen LogP contribution in [-0.2, 0) is 9.84 Å². The number of guanidine groups is 1. The molecule has 0 fully saturated rings. The molecule has 0 aromatic heterocycles. The molecule has 0 spiro atoms. The van der Waals surface area contributed by atoms with Crippen LogP contribution in [-0.4, -0.2) is 46.4 Å². The van der Waals surface area contributed by atoms with Gasteiger partial charge in [0.2, 0.25) is 0 Å². The number of halogens is 2. The Hall–Kier alpha value is -2.32. The lowest BCUT2D eigenvalue weighted by molar-refractivity contribution is 0.224. The summed E-state index contributed by atoms with van der Waals surface area (Å²) in [5.41, 5.74) is 0. The number of hydrogen-bond acceptors (Lipinski definition) is 4. The number of ether oxygens (including phenoxy) is 1. The molecular weight excluding hydrogens is 405 g/mol. The summed E-state index contributed by atoms with van der Waals surface area (Å²) in [7, 11) is -2.15. The third-order valence-corrected chi connectivity index (χ3v) is 5.76. The van der Waals surface area contributed by atoms with Crippen molar-refractivity contribution in [3.63, 3.8) is 0 Å². The molecule has 0 saturated carbocycles. The van der Waals surface area contributed by atoms with E-state index in [0.717, 1.165) is 6.07 Å². The minimum Gasteiger partial charge on any atom is -0.489 e. The molecule has 6 nitrogen and oxygen atoms in total. The maximum atomic E-state index is 13.7.